The molecule has 0 N–H and O–H groups in total. The predicted octanol–water partition coefficient (Wildman–Crippen LogP) is 3.88. The maximum atomic E-state index is 2.18. The molecule has 0 unspecified atom stereocenters. The van der Waals surface area contributed by atoms with Gasteiger partial charge in [-0.25, -0.2) is 0 Å². The van der Waals surface area contributed by atoms with E-state index in [1.165, 1.54) is 19.4 Å². The first-order valence-corrected chi connectivity index (χ1v) is 5.79. The summed E-state index contributed by atoms with van der Waals surface area (Å²) >= 11 is 0. The van der Waals surface area contributed by atoms with Crippen molar-refractivity contribution < 1.29 is 0 Å². The highest BCUT2D eigenvalue weighted by Crippen LogP contribution is 2.17. The standard InChI is InChI=1S/C13H12P.ClH/c1-3-7-12(8-4-1)11-14-13-9-5-2-6-10-13;/h1-10H,11H2;1H. The Morgan fingerprint density at radius 1 is 0.733 bits per heavy atom. The van der Waals surface area contributed by atoms with Crippen LogP contribution in [0.15, 0.2) is 60.7 Å². The molecule has 15 heavy (non-hydrogen) atoms. The molecule has 0 fully saturated rings. The minimum absolute atomic E-state index is 0. The van der Waals surface area contributed by atoms with Gasteiger partial charge < -0.3 is 0 Å². The van der Waals surface area contributed by atoms with Crippen molar-refractivity contribution in [2.24, 2.45) is 0 Å². The van der Waals surface area contributed by atoms with Crippen molar-refractivity contribution in [1.82, 2.24) is 0 Å². The molecule has 0 aliphatic rings. The van der Waals surface area contributed by atoms with E-state index in [0.717, 1.165) is 6.16 Å². The zero-order chi connectivity index (χ0) is 9.64. The highest BCUT2D eigenvalue weighted by molar-refractivity contribution is 7.46. The van der Waals surface area contributed by atoms with Gasteiger partial charge in [-0.05, 0) is 19.4 Å². The Morgan fingerprint density at radius 2 is 1.27 bits per heavy atom. The molecule has 1 radical (unpaired) electrons. The SMILES string of the molecule is Cl.c1ccc(C[P]c2ccccc2)cc1. The molecule has 0 saturated carbocycles. The summed E-state index contributed by atoms with van der Waals surface area (Å²) in [4.78, 5) is 0. The average molecular weight is 236 g/mol. The maximum absolute atomic E-state index is 2.18. The van der Waals surface area contributed by atoms with E-state index < -0.39 is 0 Å². The Labute approximate surface area is 98.9 Å². The zero-order valence-electron chi connectivity index (χ0n) is 8.34. The fourth-order valence-corrected chi connectivity index (χ4v) is 2.26. The Balaban J connectivity index is 0.00000112. The lowest BCUT2D eigenvalue weighted by Gasteiger charge is -2.00. The molecule has 2 aromatic carbocycles. The molecular weight excluding hydrogens is 223 g/mol. The molecule has 2 heteroatoms. The third kappa shape index (κ3) is 4.03. The van der Waals surface area contributed by atoms with Crippen LogP contribution in [-0.2, 0) is 6.16 Å². The first-order valence-electron chi connectivity index (χ1n) is 4.71. The van der Waals surface area contributed by atoms with Gasteiger partial charge in [-0.1, -0.05) is 60.7 Å². The summed E-state index contributed by atoms with van der Waals surface area (Å²) in [7, 11) is 1.38. The highest BCUT2D eigenvalue weighted by Gasteiger charge is 1.94. The highest BCUT2D eigenvalue weighted by atomic mass is 35.5. The summed E-state index contributed by atoms with van der Waals surface area (Å²) in [5.74, 6) is 0. The zero-order valence-corrected chi connectivity index (χ0v) is 10.0. The second kappa shape index (κ2) is 6.61. The van der Waals surface area contributed by atoms with E-state index in [-0.39, 0.29) is 12.4 Å². The number of hydrogen-bond acceptors (Lipinski definition) is 0. The molecule has 0 spiro atoms. The summed E-state index contributed by atoms with van der Waals surface area (Å²) in [5.41, 5.74) is 1.40. The maximum Gasteiger partial charge on any atom is 0.000894 e. The van der Waals surface area contributed by atoms with Gasteiger partial charge in [0.05, 0.1) is 0 Å². The fourth-order valence-electron chi connectivity index (χ4n) is 1.30. The van der Waals surface area contributed by atoms with Crippen LogP contribution >= 0.6 is 21.0 Å². The van der Waals surface area contributed by atoms with Crippen LogP contribution in [0, 0.1) is 0 Å². The van der Waals surface area contributed by atoms with E-state index in [2.05, 4.69) is 60.7 Å². The molecule has 0 aliphatic heterocycles. The normalized spacial score (nSPS) is 10.1. The quantitative estimate of drug-likeness (QED) is 0.709. The van der Waals surface area contributed by atoms with Crippen LogP contribution in [0.4, 0.5) is 0 Å². The van der Waals surface area contributed by atoms with Gasteiger partial charge in [-0.3, -0.25) is 0 Å². The lowest BCUT2D eigenvalue weighted by atomic mass is 10.2. The topological polar surface area (TPSA) is 0 Å². The molecule has 0 atom stereocenters. The minimum Gasteiger partial charge on any atom is -0.147 e. The van der Waals surface area contributed by atoms with Gasteiger partial charge in [0.25, 0.3) is 0 Å². The molecule has 0 nitrogen and oxygen atoms in total. The van der Waals surface area contributed by atoms with Crippen LogP contribution in [0.2, 0.25) is 0 Å². The molecule has 0 aliphatic carbocycles. The van der Waals surface area contributed by atoms with E-state index in [9.17, 15) is 0 Å². The summed E-state index contributed by atoms with van der Waals surface area (Å²) in [6, 6.07) is 21.2. The van der Waals surface area contributed by atoms with Crippen molar-refractivity contribution in [3.63, 3.8) is 0 Å². The van der Waals surface area contributed by atoms with Gasteiger partial charge in [-0.2, -0.15) is 0 Å². The average Bonchev–Trinajstić information content (AvgIpc) is 2.29. The smallest absolute Gasteiger partial charge is 0.000894 e. The van der Waals surface area contributed by atoms with Crippen molar-refractivity contribution in [2.45, 2.75) is 6.16 Å². The first-order chi connectivity index (χ1) is 6.95. The fraction of sp³-hybridized carbons (Fsp3) is 0.0769. The molecule has 0 amide bonds. The van der Waals surface area contributed by atoms with E-state index in [0.29, 0.717) is 0 Å². The van der Waals surface area contributed by atoms with Gasteiger partial charge in [0.1, 0.15) is 0 Å². The van der Waals surface area contributed by atoms with Crippen LogP contribution in [0.1, 0.15) is 5.56 Å². The summed E-state index contributed by atoms with van der Waals surface area (Å²) < 4.78 is 0. The molecule has 2 rings (SSSR count). The van der Waals surface area contributed by atoms with Crippen molar-refractivity contribution >= 4 is 26.3 Å². The number of halogens is 1. The molecule has 0 saturated heterocycles. The molecule has 0 aromatic heterocycles. The van der Waals surface area contributed by atoms with Crippen molar-refractivity contribution in [1.29, 1.82) is 0 Å². The largest absolute Gasteiger partial charge is 0.147 e. The third-order valence-electron chi connectivity index (χ3n) is 2.04. The summed E-state index contributed by atoms with van der Waals surface area (Å²) in [6.07, 6.45) is 1.10. The second-order valence-electron chi connectivity index (χ2n) is 3.14. The number of rotatable bonds is 3. The lowest BCUT2D eigenvalue weighted by Crippen LogP contribution is -1.92. The van der Waals surface area contributed by atoms with Crippen molar-refractivity contribution in [3.05, 3.63) is 66.2 Å². The molecule has 77 valence electrons. The van der Waals surface area contributed by atoms with Crippen molar-refractivity contribution in [3.8, 4) is 0 Å². The Bertz CT molecular complexity index is 333. The van der Waals surface area contributed by atoms with Crippen LogP contribution < -0.4 is 5.30 Å². The van der Waals surface area contributed by atoms with Gasteiger partial charge in [0.15, 0.2) is 0 Å². The molecule has 0 bridgehead atoms. The first kappa shape index (κ1) is 12.2. The van der Waals surface area contributed by atoms with Crippen LogP contribution in [0.3, 0.4) is 0 Å². The minimum atomic E-state index is 0. The van der Waals surface area contributed by atoms with Gasteiger partial charge >= 0.3 is 0 Å². The molecule has 2 aromatic rings. The van der Waals surface area contributed by atoms with Gasteiger partial charge in [0, 0.05) is 6.16 Å². The molecule has 0 heterocycles. The molecular formula is C13H13ClP. The summed E-state index contributed by atoms with van der Waals surface area (Å²) in [5, 5.41) is 1.39. The van der Waals surface area contributed by atoms with E-state index in [1.54, 1.807) is 0 Å². The Kier molecular flexibility index (Phi) is 5.39. The van der Waals surface area contributed by atoms with E-state index >= 15 is 0 Å². The second-order valence-corrected chi connectivity index (χ2v) is 4.29. The van der Waals surface area contributed by atoms with E-state index in [1.807, 2.05) is 0 Å². The Morgan fingerprint density at radius 3 is 1.87 bits per heavy atom. The van der Waals surface area contributed by atoms with Crippen LogP contribution in [0.5, 0.6) is 0 Å². The van der Waals surface area contributed by atoms with Gasteiger partial charge in [-0.15, -0.1) is 12.4 Å². The summed E-state index contributed by atoms with van der Waals surface area (Å²) in [6.45, 7) is 0. The Hall–Kier alpha value is -0.840. The third-order valence-corrected chi connectivity index (χ3v) is 3.23. The number of hydrogen-bond donors (Lipinski definition) is 0. The van der Waals surface area contributed by atoms with Crippen molar-refractivity contribution in [2.75, 3.05) is 0 Å². The van der Waals surface area contributed by atoms with E-state index in [4.69, 9.17) is 0 Å². The monoisotopic (exact) mass is 235 g/mol. The predicted molar refractivity (Wildman–Crippen MR) is 70.4 cm³/mol. The van der Waals surface area contributed by atoms with Gasteiger partial charge in [0.2, 0.25) is 0 Å². The lowest BCUT2D eigenvalue weighted by molar-refractivity contribution is 1.41. The number of benzene rings is 2. The van der Waals surface area contributed by atoms with Crippen LogP contribution in [0.25, 0.3) is 0 Å². The van der Waals surface area contributed by atoms with Crippen LogP contribution in [-0.4, -0.2) is 0 Å².